The highest BCUT2D eigenvalue weighted by atomic mass is 32.2. The molecule has 0 saturated heterocycles. The molecule has 0 amide bonds. The van der Waals surface area contributed by atoms with E-state index in [1.165, 1.54) is 6.07 Å². The van der Waals surface area contributed by atoms with Crippen molar-refractivity contribution >= 4 is 15.8 Å². The van der Waals surface area contributed by atoms with Gasteiger partial charge >= 0.3 is 0 Å². The number of carboxylic acid groups (broad SMARTS) is 1. The minimum absolute atomic E-state index is 0.0372. The average Bonchev–Trinajstić information content (AvgIpc) is 3.52. The van der Waals surface area contributed by atoms with Gasteiger partial charge in [0, 0.05) is 32.2 Å². The monoisotopic (exact) mass is 607 g/mol. The van der Waals surface area contributed by atoms with Crippen molar-refractivity contribution in [1.29, 1.82) is 0 Å². The number of unbranched alkanes of at least 4 members (excludes halogenated alkanes) is 4. The van der Waals surface area contributed by atoms with Crippen LogP contribution in [0.2, 0.25) is 0 Å². The first-order valence-electron chi connectivity index (χ1n) is 15.1. The smallest absolute Gasteiger partial charge is 0.300 e. The summed E-state index contributed by atoms with van der Waals surface area (Å²) in [5.41, 5.74) is 2.18. The molecule has 3 rings (SSSR count). The number of carbonyl (C=O) groups is 1. The van der Waals surface area contributed by atoms with E-state index in [1.54, 1.807) is 18.2 Å². The SMILES string of the molecule is CC(=O)O.O=S(=O)(c1cccc(CCCCOCCCCCCNC[C@H](O)c2ccc(O)c(CO)c2)c1)C1CCCC1. The first-order valence-corrected chi connectivity index (χ1v) is 16.6. The van der Waals surface area contributed by atoms with Crippen molar-refractivity contribution in [3.63, 3.8) is 0 Å². The Labute approximate surface area is 250 Å². The maximum atomic E-state index is 12.8. The first kappa shape index (κ1) is 35.7. The minimum atomic E-state index is -3.19. The Hall–Kier alpha value is -2.50. The van der Waals surface area contributed by atoms with Gasteiger partial charge in [-0.05, 0) is 86.9 Å². The fourth-order valence-electron chi connectivity index (χ4n) is 5.01. The zero-order chi connectivity index (χ0) is 30.8. The average molecular weight is 608 g/mol. The third-order valence-corrected chi connectivity index (χ3v) is 9.62. The molecule has 0 radical (unpaired) electrons. The third-order valence-electron chi connectivity index (χ3n) is 7.36. The largest absolute Gasteiger partial charge is 0.508 e. The lowest BCUT2D eigenvalue weighted by Gasteiger charge is -2.14. The fraction of sp³-hybridized carbons (Fsp3) is 0.594. The van der Waals surface area contributed by atoms with Crippen molar-refractivity contribution < 1.29 is 38.4 Å². The van der Waals surface area contributed by atoms with Crippen LogP contribution in [0.5, 0.6) is 5.75 Å². The molecule has 1 atom stereocenters. The van der Waals surface area contributed by atoms with Crippen molar-refractivity contribution in [3.05, 3.63) is 59.2 Å². The Morgan fingerprint density at radius 2 is 1.67 bits per heavy atom. The van der Waals surface area contributed by atoms with Gasteiger partial charge in [-0.25, -0.2) is 8.42 Å². The van der Waals surface area contributed by atoms with Crippen LogP contribution >= 0.6 is 0 Å². The summed E-state index contributed by atoms with van der Waals surface area (Å²) in [5, 5.41) is 39.6. The van der Waals surface area contributed by atoms with Gasteiger partial charge in [0.15, 0.2) is 9.84 Å². The molecule has 0 bridgehead atoms. The number of aliphatic carboxylic acids is 1. The van der Waals surface area contributed by atoms with Gasteiger partial charge in [0.05, 0.1) is 22.9 Å². The summed E-state index contributed by atoms with van der Waals surface area (Å²) in [7, 11) is -3.19. The second kappa shape index (κ2) is 19.6. The number of sulfone groups is 1. The topological polar surface area (TPSA) is 153 Å². The van der Waals surface area contributed by atoms with Crippen molar-refractivity contribution in [3.8, 4) is 5.75 Å². The van der Waals surface area contributed by atoms with E-state index in [1.807, 2.05) is 18.2 Å². The van der Waals surface area contributed by atoms with Crippen molar-refractivity contribution in [2.24, 2.45) is 0 Å². The van der Waals surface area contributed by atoms with Crippen LogP contribution < -0.4 is 5.32 Å². The van der Waals surface area contributed by atoms with Gasteiger partial charge in [0.1, 0.15) is 5.75 Å². The van der Waals surface area contributed by atoms with E-state index in [0.717, 1.165) is 103 Å². The molecule has 0 aliphatic heterocycles. The quantitative estimate of drug-likeness (QED) is 0.149. The molecule has 0 unspecified atom stereocenters. The standard InChI is InChI=1S/C30H45NO6S.C2H4O2/c32-23-26-21-25(15-16-29(26)33)30(34)22-31-17-6-1-2-7-18-37-19-8-5-10-24-11-9-14-28(20-24)38(35,36)27-12-3-4-13-27;1-2(3)4/h9,11,14-16,20-21,27,30-34H,1-8,10,12-13,17-19,22-23H2;1H3,(H,3,4)/t30-;/m0./s1. The predicted molar refractivity (Wildman–Crippen MR) is 163 cm³/mol. The third kappa shape index (κ3) is 13.2. The van der Waals surface area contributed by atoms with Crippen molar-refractivity contribution in [2.45, 2.75) is 100 Å². The lowest BCUT2D eigenvalue weighted by molar-refractivity contribution is -0.134. The summed E-state index contributed by atoms with van der Waals surface area (Å²) in [6.07, 6.45) is 10.0. The van der Waals surface area contributed by atoms with Crippen LogP contribution in [-0.2, 0) is 32.4 Å². The number of carboxylic acids is 1. The molecular formula is C32H49NO8S. The number of aryl methyl sites for hydroxylation is 1. The number of aliphatic hydroxyl groups excluding tert-OH is 2. The lowest BCUT2D eigenvalue weighted by atomic mass is 10.1. The molecule has 1 saturated carbocycles. The molecule has 2 aromatic rings. The van der Waals surface area contributed by atoms with Gasteiger partial charge < -0.3 is 30.5 Å². The Morgan fingerprint density at radius 3 is 2.36 bits per heavy atom. The Bertz CT molecular complexity index is 1160. The molecule has 9 nitrogen and oxygen atoms in total. The molecule has 1 aliphatic carbocycles. The summed E-state index contributed by atoms with van der Waals surface area (Å²) < 4.78 is 31.4. The zero-order valence-electron chi connectivity index (χ0n) is 24.8. The van der Waals surface area contributed by atoms with Crippen LogP contribution in [0.4, 0.5) is 0 Å². The highest BCUT2D eigenvalue weighted by molar-refractivity contribution is 7.92. The number of nitrogens with one attached hydrogen (secondary N) is 1. The summed E-state index contributed by atoms with van der Waals surface area (Å²) in [4.78, 5) is 9.48. The first-order chi connectivity index (χ1) is 20.1. The van der Waals surface area contributed by atoms with E-state index >= 15 is 0 Å². The van der Waals surface area contributed by atoms with Crippen LogP contribution in [0.3, 0.4) is 0 Å². The Kier molecular flexibility index (Phi) is 16.7. The molecule has 236 valence electrons. The van der Waals surface area contributed by atoms with E-state index in [-0.39, 0.29) is 17.6 Å². The number of aromatic hydroxyl groups is 1. The van der Waals surface area contributed by atoms with Gasteiger partial charge in [-0.1, -0.05) is 43.9 Å². The Balaban J connectivity index is 0.00000144. The predicted octanol–water partition coefficient (Wildman–Crippen LogP) is 4.91. The van der Waals surface area contributed by atoms with Gasteiger partial charge in [-0.15, -0.1) is 0 Å². The lowest BCUT2D eigenvalue weighted by Crippen LogP contribution is -2.22. The van der Waals surface area contributed by atoms with Crippen LogP contribution in [0, 0.1) is 0 Å². The Morgan fingerprint density at radius 1 is 1.00 bits per heavy atom. The number of ether oxygens (including phenoxy) is 1. The van der Waals surface area contributed by atoms with E-state index in [0.29, 0.717) is 22.6 Å². The molecule has 0 aromatic heterocycles. The molecule has 0 heterocycles. The number of rotatable bonds is 18. The van der Waals surface area contributed by atoms with Gasteiger partial charge in [-0.2, -0.15) is 0 Å². The number of hydrogen-bond acceptors (Lipinski definition) is 8. The number of benzene rings is 2. The number of aliphatic hydroxyl groups is 2. The van der Waals surface area contributed by atoms with E-state index in [4.69, 9.17) is 14.6 Å². The van der Waals surface area contributed by atoms with E-state index in [9.17, 15) is 23.7 Å². The van der Waals surface area contributed by atoms with E-state index in [2.05, 4.69) is 5.32 Å². The molecule has 2 aromatic carbocycles. The van der Waals surface area contributed by atoms with Crippen LogP contribution in [0.15, 0.2) is 47.4 Å². The summed E-state index contributed by atoms with van der Waals surface area (Å²) in [6, 6.07) is 12.3. The van der Waals surface area contributed by atoms with Crippen LogP contribution in [-0.4, -0.2) is 66.4 Å². The normalized spacial score (nSPS) is 14.4. The van der Waals surface area contributed by atoms with Crippen molar-refractivity contribution in [1.82, 2.24) is 5.32 Å². The molecular weight excluding hydrogens is 558 g/mol. The van der Waals surface area contributed by atoms with Gasteiger partial charge in [0.25, 0.3) is 5.97 Å². The maximum Gasteiger partial charge on any atom is 0.300 e. The molecule has 0 spiro atoms. The van der Waals surface area contributed by atoms with Gasteiger partial charge in [0.2, 0.25) is 0 Å². The van der Waals surface area contributed by atoms with Gasteiger partial charge in [-0.3, -0.25) is 4.79 Å². The minimum Gasteiger partial charge on any atom is -0.508 e. The van der Waals surface area contributed by atoms with Crippen LogP contribution in [0.1, 0.15) is 93.9 Å². The highest BCUT2D eigenvalue weighted by Gasteiger charge is 2.30. The summed E-state index contributed by atoms with van der Waals surface area (Å²) in [6.45, 7) is 3.57. The molecule has 1 fully saturated rings. The highest BCUT2D eigenvalue weighted by Crippen LogP contribution is 2.30. The summed E-state index contributed by atoms with van der Waals surface area (Å²) >= 11 is 0. The molecule has 10 heteroatoms. The second-order valence-electron chi connectivity index (χ2n) is 10.9. The summed E-state index contributed by atoms with van der Waals surface area (Å²) in [5.74, 6) is -0.796. The van der Waals surface area contributed by atoms with Crippen LogP contribution in [0.25, 0.3) is 0 Å². The zero-order valence-corrected chi connectivity index (χ0v) is 25.7. The second-order valence-corrected chi connectivity index (χ2v) is 13.1. The maximum absolute atomic E-state index is 12.8. The molecule has 1 aliphatic rings. The number of phenols is 1. The van der Waals surface area contributed by atoms with E-state index < -0.39 is 21.9 Å². The molecule has 42 heavy (non-hydrogen) atoms. The molecule has 5 N–H and O–H groups in total. The van der Waals surface area contributed by atoms with Crippen molar-refractivity contribution in [2.75, 3.05) is 26.3 Å². The number of hydrogen-bond donors (Lipinski definition) is 5. The fourth-order valence-corrected chi connectivity index (χ4v) is 6.93.